The molecule has 0 aliphatic heterocycles. The first-order chi connectivity index (χ1) is 14.4. The van der Waals surface area contributed by atoms with Crippen molar-refractivity contribution in [2.45, 2.75) is 52.2 Å². The molecule has 2 unspecified atom stereocenters. The molecule has 5 nitrogen and oxygen atoms in total. The van der Waals surface area contributed by atoms with E-state index in [-0.39, 0.29) is 30.1 Å². The van der Waals surface area contributed by atoms with Crippen molar-refractivity contribution in [1.29, 1.82) is 0 Å². The minimum absolute atomic E-state index is 0. The lowest BCUT2D eigenvalue weighted by Gasteiger charge is -2.21. The maximum absolute atomic E-state index is 12.6. The van der Waals surface area contributed by atoms with E-state index in [2.05, 4.69) is 17.6 Å². The molecule has 0 aliphatic rings. The summed E-state index contributed by atoms with van der Waals surface area (Å²) in [6, 6.07) is 16.7. The molecular formula is C25H33ClN2O3. The molecule has 4 N–H and O–H groups in total. The maximum atomic E-state index is 12.6. The van der Waals surface area contributed by atoms with E-state index in [9.17, 15) is 14.7 Å². The van der Waals surface area contributed by atoms with E-state index in [1.165, 1.54) is 6.08 Å². The molecule has 0 aromatic heterocycles. The summed E-state index contributed by atoms with van der Waals surface area (Å²) in [5.74, 6) is -0.181. The fourth-order valence-electron chi connectivity index (χ4n) is 3.42. The molecule has 0 heterocycles. The van der Waals surface area contributed by atoms with Gasteiger partial charge < -0.3 is 28.1 Å². The van der Waals surface area contributed by atoms with Gasteiger partial charge >= 0.3 is 0 Å². The van der Waals surface area contributed by atoms with Gasteiger partial charge in [-0.05, 0) is 31.5 Å². The van der Waals surface area contributed by atoms with Gasteiger partial charge in [0.25, 0.3) is 0 Å². The van der Waals surface area contributed by atoms with Gasteiger partial charge in [-0.15, -0.1) is 0 Å². The fourth-order valence-corrected chi connectivity index (χ4v) is 3.42. The molecule has 0 bridgehead atoms. The summed E-state index contributed by atoms with van der Waals surface area (Å²) in [5.41, 5.74) is 3.00. The molecule has 2 atom stereocenters. The number of aliphatic hydroxyl groups is 1. The number of carbonyl (C=O) groups excluding carboxylic acids is 2. The van der Waals surface area contributed by atoms with Crippen LogP contribution in [0.4, 0.5) is 5.69 Å². The Bertz CT molecular complexity index is 864. The van der Waals surface area contributed by atoms with Crippen molar-refractivity contribution in [1.82, 2.24) is 0 Å². The minimum atomic E-state index is -0.560. The second kappa shape index (κ2) is 13.8. The number of nitrogens with one attached hydrogen (secondary N) is 1. The lowest BCUT2D eigenvalue weighted by molar-refractivity contribution is -0.697. The molecule has 2 rings (SSSR count). The van der Waals surface area contributed by atoms with E-state index in [1.807, 2.05) is 44.2 Å². The molecule has 0 radical (unpaired) electrons. The number of allylic oxidation sites excluding steroid dienone is 1. The van der Waals surface area contributed by atoms with E-state index in [0.29, 0.717) is 24.2 Å². The summed E-state index contributed by atoms with van der Waals surface area (Å²) >= 11 is 0. The Morgan fingerprint density at radius 3 is 2.45 bits per heavy atom. The van der Waals surface area contributed by atoms with Crippen molar-refractivity contribution < 1.29 is 32.4 Å². The summed E-state index contributed by atoms with van der Waals surface area (Å²) in [6.45, 7) is 6.41. The van der Waals surface area contributed by atoms with Gasteiger partial charge in [-0.1, -0.05) is 61.4 Å². The number of hydrogen-bond donors (Lipinski definition) is 3. The molecule has 6 heteroatoms. The molecule has 0 fully saturated rings. The molecule has 0 aliphatic carbocycles. The van der Waals surface area contributed by atoms with Crippen molar-refractivity contribution in [2.24, 2.45) is 0 Å². The molecule has 2 aromatic rings. The second-order valence-corrected chi connectivity index (χ2v) is 7.80. The van der Waals surface area contributed by atoms with Crippen molar-refractivity contribution in [2.75, 3.05) is 11.9 Å². The highest BCUT2D eigenvalue weighted by Gasteiger charge is 2.23. The van der Waals surface area contributed by atoms with Crippen LogP contribution in [0.25, 0.3) is 0 Å². The van der Waals surface area contributed by atoms with Crippen LogP contribution in [0.1, 0.15) is 62.1 Å². The first-order valence-electron chi connectivity index (χ1n) is 10.6. The SMILES string of the molecule is CCCC([NH2+]CCC(=O)c1cccc(NC(=O)C=C(C)C)c1)C(O)c1ccccc1.[Cl-]. The molecule has 1 amide bonds. The Kier molecular flexibility index (Phi) is 11.8. The average molecular weight is 445 g/mol. The summed E-state index contributed by atoms with van der Waals surface area (Å²) in [7, 11) is 0. The van der Waals surface area contributed by atoms with Crippen molar-refractivity contribution >= 4 is 17.4 Å². The van der Waals surface area contributed by atoms with E-state index in [0.717, 1.165) is 24.0 Å². The third-order valence-electron chi connectivity index (χ3n) is 4.88. The average Bonchev–Trinajstić information content (AvgIpc) is 2.72. The topological polar surface area (TPSA) is 83.0 Å². The predicted molar refractivity (Wildman–Crippen MR) is 120 cm³/mol. The van der Waals surface area contributed by atoms with E-state index in [1.54, 1.807) is 24.3 Å². The zero-order chi connectivity index (χ0) is 21.9. The molecular weight excluding hydrogens is 412 g/mol. The van der Waals surface area contributed by atoms with Crippen LogP contribution in [0.3, 0.4) is 0 Å². The Hall–Kier alpha value is -2.47. The molecule has 2 aromatic carbocycles. The third kappa shape index (κ3) is 9.05. The summed E-state index contributed by atoms with van der Waals surface area (Å²) in [6.07, 6.45) is 3.17. The predicted octanol–water partition coefficient (Wildman–Crippen LogP) is 0.634. The lowest BCUT2D eigenvalue weighted by atomic mass is 9.98. The van der Waals surface area contributed by atoms with Crippen LogP contribution in [0.2, 0.25) is 0 Å². The van der Waals surface area contributed by atoms with Gasteiger partial charge in [0, 0.05) is 23.7 Å². The Morgan fingerprint density at radius 1 is 1.10 bits per heavy atom. The highest BCUT2D eigenvalue weighted by molar-refractivity contribution is 6.01. The Morgan fingerprint density at radius 2 is 1.81 bits per heavy atom. The number of quaternary nitrogens is 1. The summed E-state index contributed by atoms with van der Waals surface area (Å²) < 4.78 is 0. The number of rotatable bonds is 11. The van der Waals surface area contributed by atoms with Gasteiger partial charge in [-0.3, -0.25) is 9.59 Å². The quantitative estimate of drug-likeness (QED) is 0.351. The lowest BCUT2D eigenvalue weighted by Crippen LogP contribution is -3.00. The Labute approximate surface area is 191 Å². The number of ketones is 1. The molecule has 31 heavy (non-hydrogen) atoms. The largest absolute Gasteiger partial charge is 1.00 e. The van der Waals surface area contributed by atoms with Crippen LogP contribution in [-0.4, -0.2) is 29.4 Å². The number of anilines is 1. The number of amides is 1. The monoisotopic (exact) mass is 444 g/mol. The van der Waals surface area contributed by atoms with E-state index >= 15 is 0 Å². The van der Waals surface area contributed by atoms with Gasteiger partial charge in [-0.25, -0.2) is 0 Å². The number of benzene rings is 2. The first kappa shape index (κ1) is 26.6. The number of carbonyl (C=O) groups is 2. The highest BCUT2D eigenvalue weighted by Crippen LogP contribution is 2.17. The zero-order valence-electron chi connectivity index (χ0n) is 18.5. The van der Waals surface area contributed by atoms with Gasteiger partial charge in [0.1, 0.15) is 12.1 Å². The van der Waals surface area contributed by atoms with Crippen LogP contribution in [0, 0.1) is 0 Å². The van der Waals surface area contributed by atoms with Gasteiger partial charge in [0.15, 0.2) is 5.78 Å². The molecule has 168 valence electrons. The molecule has 0 spiro atoms. The Balaban J connectivity index is 0.00000480. The van der Waals surface area contributed by atoms with Crippen molar-refractivity contribution in [3.63, 3.8) is 0 Å². The van der Waals surface area contributed by atoms with Crippen LogP contribution in [0.15, 0.2) is 66.2 Å². The third-order valence-corrected chi connectivity index (χ3v) is 4.88. The summed E-state index contributed by atoms with van der Waals surface area (Å²) in [4.78, 5) is 24.5. The molecule has 0 saturated carbocycles. The zero-order valence-corrected chi connectivity index (χ0v) is 19.2. The normalized spacial score (nSPS) is 12.3. The van der Waals surface area contributed by atoms with Crippen molar-refractivity contribution in [3.05, 3.63) is 77.4 Å². The summed E-state index contributed by atoms with van der Waals surface area (Å²) in [5, 5.41) is 15.6. The van der Waals surface area contributed by atoms with E-state index < -0.39 is 6.10 Å². The number of nitrogens with two attached hydrogens (primary N) is 1. The van der Waals surface area contributed by atoms with Gasteiger partial charge in [0.05, 0.1) is 13.0 Å². The second-order valence-electron chi connectivity index (χ2n) is 7.80. The number of halogens is 1. The molecule has 0 saturated heterocycles. The van der Waals surface area contributed by atoms with E-state index in [4.69, 9.17) is 0 Å². The van der Waals surface area contributed by atoms with Crippen LogP contribution in [-0.2, 0) is 4.79 Å². The first-order valence-corrected chi connectivity index (χ1v) is 10.6. The van der Waals surface area contributed by atoms with Gasteiger partial charge in [0.2, 0.25) is 5.91 Å². The smallest absolute Gasteiger partial charge is 0.248 e. The van der Waals surface area contributed by atoms with Crippen LogP contribution in [0.5, 0.6) is 0 Å². The van der Waals surface area contributed by atoms with Crippen LogP contribution < -0.4 is 23.0 Å². The fraction of sp³-hybridized carbons (Fsp3) is 0.360. The highest BCUT2D eigenvalue weighted by atomic mass is 35.5. The number of aliphatic hydroxyl groups excluding tert-OH is 1. The number of hydrogen-bond acceptors (Lipinski definition) is 3. The van der Waals surface area contributed by atoms with Crippen LogP contribution >= 0.6 is 0 Å². The minimum Gasteiger partial charge on any atom is -1.00 e. The van der Waals surface area contributed by atoms with Crippen molar-refractivity contribution in [3.8, 4) is 0 Å². The standard InChI is InChI=1S/C25H32N2O3.ClH/c1-4-9-22(25(30)19-10-6-5-7-11-19)26-15-14-23(28)20-12-8-13-21(17-20)27-24(29)16-18(2)3;/h5-8,10-13,16-17,22,25-26,30H,4,9,14-15H2,1-3H3,(H,27,29);1H. The van der Waals surface area contributed by atoms with Gasteiger partial charge in [-0.2, -0.15) is 0 Å². The number of Topliss-reactive ketones (excluding diaryl/α,β-unsaturated/α-hetero) is 1. The maximum Gasteiger partial charge on any atom is 0.248 e.